The van der Waals surface area contributed by atoms with Gasteiger partial charge in [0.05, 0.1) is 16.8 Å². The maximum Gasteiger partial charge on any atom is 0.326 e. The number of hydrogen-bond donors (Lipinski definition) is 1. The van der Waals surface area contributed by atoms with Crippen LogP contribution in [0.25, 0.3) is 11.0 Å². The Morgan fingerprint density at radius 1 is 1.25 bits per heavy atom. The molecule has 1 N–H and O–H groups in total. The zero-order chi connectivity index (χ0) is 19.9. The van der Waals surface area contributed by atoms with Gasteiger partial charge in [-0.2, -0.15) is 11.8 Å². The van der Waals surface area contributed by atoms with E-state index in [1.807, 2.05) is 35.1 Å². The van der Waals surface area contributed by atoms with Crippen molar-refractivity contribution in [2.75, 3.05) is 6.26 Å². The molecule has 152 valence electrons. The van der Waals surface area contributed by atoms with Gasteiger partial charge in [-0.3, -0.25) is 9.59 Å². The van der Waals surface area contributed by atoms with Crippen molar-refractivity contribution in [1.29, 1.82) is 0 Å². The summed E-state index contributed by atoms with van der Waals surface area (Å²) in [5.41, 5.74) is 1.76. The Morgan fingerprint density at radius 3 is 2.68 bits per heavy atom. The molecule has 0 unspecified atom stereocenters. The first-order chi connectivity index (χ1) is 13.6. The van der Waals surface area contributed by atoms with Gasteiger partial charge in [0.1, 0.15) is 12.4 Å². The standard InChI is InChI=1S/C21H29N3O3S/c1-15(21(26)22-16-9-5-3-4-6-10-16)27-20(25)13-24-18-12-8-7-11-17(18)23-19(24)14-28-2/h7-8,11-12,15-16H,3-6,9-10,13-14H2,1-2H3,(H,22,26)/t15-/m1/s1. The number of thioether (sulfide) groups is 1. The second-order valence-corrected chi connectivity index (χ2v) is 8.23. The van der Waals surface area contributed by atoms with Crippen molar-refractivity contribution in [3.63, 3.8) is 0 Å². The SMILES string of the molecule is CSCc1nc2ccccc2n1CC(=O)O[C@H](C)C(=O)NC1CCCCCC1. The van der Waals surface area contributed by atoms with Crippen LogP contribution in [0.1, 0.15) is 51.3 Å². The van der Waals surface area contributed by atoms with Crippen molar-refractivity contribution >= 4 is 34.7 Å². The van der Waals surface area contributed by atoms with Crippen LogP contribution < -0.4 is 5.32 Å². The predicted octanol–water partition coefficient (Wildman–Crippen LogP) is 3.67. The molecular weight excluding hydrogens is 374 g/mol. The number of rotatable bonds is 7. The maximum absolute atomic E-state index is 12.5. The molecule has 0 aliphatic heterocycles. The number of nitrogens with one attached hydrogen (secondary N) is 1. The summed E-state index contributed by atoms with van der Waals surface area (Å²) >= 11 is 1.65. The van der Waals surface area contributed by atoms with Crippen LogP contribution in [-0.2, 0) is 26.6 Å². The molecule has 1 aliphatic rings. The van der Waals surface area contributed by atoms with Gasteiger partial charge in [0, 0.05) is 6.04 Å². The topological polar surface area (TPSA) is 73.2 Å². The summed E-state index contributed by atoms with van der Waals surface area (Å²) in [5, 5.41) is 3.05. The van der Waals surface area contributed by atoms with Crippen molar-refractivity contribution in [3.05, 3.63) is 30.1 Å². The second-order valence-electron chi connectivity index (χ2n) is 7.37. The minimum atomic E-state index is -0.797. The molecule has 1 aromatic carbocycles. The summed E-state index contributed by atoms with van der Waals surface area (Å²) in [6.07, 6.45) is 7.96. The third-order valence-corrected chi connectivity index (χ3v) is 5.72. The molecule has 1 saturated carbocycles. The predicted molar refractivity (Wildman–Crippen MR) is 112 cm³/mol. The van der Waals surface area contributed by atoms with Gasteiger partial charge in [0.2, 0.25) is 0 Å². The molecule has 1 fully saturated rings. The normalized spacial score (nSPS) is 16.5. The van der Waals surface area contributed by atoms with Crippen LogP contribution in [0.3, 0.4) is 0 Å². The highest BCUT2D eigenvalue weighted by Gasteiger charge is 2.23. The van der Waals surface area contributed by atoms with Gasteiger partial charge in [-0.25, -0.2) is 4.98 Å². The van der Waals surface area contributed by atoms with Crippen LogP contribution in [-0.4, -0.2) is 39.8 Å². The van der Waals surface area contributed by atoms with E-state index >= 15 is 0 Å². The van der Waals surface area contributed by atoms with Gasteiger partial charge in [-0.15, -0.1) is 0 Å². The number of para-hydroxylation sites is 2. The number of aromatic nitrogens is 2. The summed E-state index contributed by atoms with van der Waals surface area (Å²) in [6, 6.07) is 7.94. The van der Waals surface area contributed by atoms with Crippen molar-refractivity contribution < 1.29 is 14.3 Å². The summed E-state index contributed by atoms with van der Waals surface area (Å²) in [6.45, 7) is 1.69. The smallest absolute Gasteiger partial charge is 0.326 e. The summed E-state index contributed by atoms with van der Waals surface area (Å²) < 4.78 is 7.31. The first-order valence-corrected chi connectivity index (χ1v) is 11.4. The van der Waals surface area contributed by atoms with Gasteiger partial charge in [-0.05, 0) is 38.2 Å². The third kappa shape index (κ3) is 5.28. The van der Waals surface area contributed by atoms with Gasteiger partial charge >= 0.3 is 5.97 Å². The van der Waals surface area contributed by atoms with E-state index in [0.29, 0.717) is 5.75 Å². The Hall–Kier alpha value is -2.02. The fourth-order valence-electron chi connectivity index (χ4n) is 3.70. The lowest BCUT2D eigenvalue weighted by Gasteiger charge is -2.20. The van der Waals surface area contributed by atoms with E-state index in [9.17, 15) is 9.59 Å². The number of hydrogen-bond acceptors (Lipinski definition) is 5. The summed E-state index contributed by atoms with van der Waals surface area (Å²) in [4.78, 5) is 29.6. The number of fused-ring (bicyclic) bond motifs is 1. The highest BCUT2D eigenvalue weighted by molar-refractivity contribution is 7.97. The van der Waals surface area contributed by atoms with Crippen LogP contribution in [0.15, 0.2) is 24.3 Å². The Morgan fingerprint density at radius 2 is 1.96 bits per heavy atom. The Labute approximate surface area is 170 Å². The molecule has 0 saturated heterocycles. The van der Waals surface area contributed by atoms with Crippen LogP contribution in [0.2, 0.25) is 0 Å². The molecule has 1 aromatic heterocycles. The largest absolute Gasteiger partial charge is 0.451 e. The highest BCUT2D eigenvalue weighted by Crippen LogP contribution is 2.20. The summed E-state index contributed by atoms with van der Waals surface area (Å²) in [7, 11) is 0. The number of nitrogens with zero attached hydrogens (tertiary/aromatic N) is 2. The first kappa shape index (κ1) is 20.7. The quantitative estimate of drug-likeness (QED) is 0.564. The van der Waals surface area contributed by atoms with Crippen molar-refractivity contribution in [3.8, 4) is 0 Å². The lowest BCUT2D eigenvalue weighted by atomic mass is 10.1. The average molecular weight is 404 g/mol. The molecule has 0 bridgehead atoms. The number of benzene rings is 1. The monoisotopic (exact) mass is 403 g/mol. The van der Waals surface area contributed by atoms with E-state index in [0.717, 1.165) is 42.5 Å². The molecule has 1 amide bonds. The Balaban J connectivity index is 1.61. The maximum atomic E-state index is 12.5. The van der Waals surface area contributed by atoms with Gasteiger partial charge in [0.25, 0.3) is 5.91 Å². The third-order valence-electron chi connectivity index (χ3n) is 5.17. The number of imidazole rings is 1. The van der Waals surface area contributed by atoms with Crippen molar-refractivity contribution in [2.24, 2.45) is 0 Å². The lowest BCUT2D eigenvalue weighted by molar-refractivity contribution is -0.155. The van der Waals surface area contributed by atoms with Crippen LogP contribution in [0.5, 0.6) is 0 Å². The lowest BCUT2D eigenvalue weighted by Crippen LogP contribution is -2.42. The fourth-order valence-corrected chi connectivity index (χ4v) is 4.18. The molecule has 2 aromatic rings. The molecular formula is C21H29N3O3S. The minimum absolute atomic E-state index is 0.0530. The number of esters is 1. The van der Waals surface area contributed by atoms with E-state index in [1.54, 1.807) is 18.7 Å². The summed E-state index contributed by atoms with van der Waals surface area (Å²) in [5.74, 6) is 0.912. The Bertz CT molecular complexity index is 812. The zero-order valence-electron chi connectivity index (χ0n) is 16.6. The molecule has 1 heterocycles. The molecule has 0 radical (unpaired) electrons. The molecule has 0 spiro atoms. The zero-order valence-corrected chi connectivity index (χ0v) is 17.5. The van der Waals surface area contributed by atoms with Crippen LogP contribution in [0.4, 0.5) is 0 Å². The van der Waals surface area contributed by atoms with E-state index in [1.165, 1.54) is 12.8 Å². The van der Waals surface area contributed by atoms with Crippen LogP contribution >= 0.6 is 11.8 Å². The molecule has 3 rings (SSSR count). The minimum Gasteiger partial charge on any atom is -0.451 e. The first-order valence-electron chi connectivity index (χ1n) is 10.0. The molecule has 1 atom stereocenters. The Kier molecular flexibility index (Phi) is 7.36. The molecule has 28 heavy (non-hydrogen) atoms. The van der Waals surface area contributed by atoms with Crippen molar-refractivity contribution in [2.45, 2.75) is 69.9 Å². The van der Waals surface area contributed by atoms with E-state index in [4.69, 9.17) is 4.74 Å². The van der Waals surface area contributed by atoms with Gasteiger partial charge < -0.3 is 14.6 Å². The molecule has 1 aliphatic carbocycles. The molecule has 7 heteroatoms. The van der Waals surface area contributed by atoms with Crippen LogP contribution in [0, 0.1) is 0 Å². The van der Waals surface area contributed by atoms with E-state index in [2.05, 4.69) is 10.3 Å². The van der Waals surface area contributed by atoms with E-state index in [-0.39, 0.29) is 18.5 Å². The number of carbonyl (C=O) groups is 2. The van der Waals surface area contributed by atoms with E-state index < -0.39 is 12.1 Å². The second kappa shape index (κ2) is 9.96. The van der Waals surface area contributed by atoms with Gasteiger partial charge in [0.15, 0.2) is 6.10 Å². The number of amides is 1. The average Bonchev–Trinajstić information content (AvgIpc) is 2.83. The number of carbonyl (C=O) groups excluding carboxylic acids is 2. The molecule has 6 nitrogen and oxygen atoms in total. The highest BCUT2D eigenvalue weighted by atomic mass is 32.2. The number of ether oxygens (including phenoxy) is 1. The van der Waals surface area contributed by atoms with Crippen molar-refractivity contribution in [1.82, 2.24) is 14.9 Å². The fraction of sp³-hybridized carbons (Fsp3) is 0.571. The van der Waals surface area contributed by atoms with Gasteiger partial charge in [-0.1, -0.05) is 37.8 Å².